The van der Waals surface area contributed by atoms with Crippen LogP contribution in [0.3, 0.4) is 0 Å². The fourth-order valence-electron chi connectivity index (χ4n) is 1.44. The summed E-state index contributed by atoms with van der Waals surface area (Å²) in [6, 6.07) is 0.415. The van der Waals surface area contributed by atoms with Crippen molar-refractivity contribution in [3.8, 4) is 12.0 Å². The first-order chi connectivity index (χ1) is 9.19. The van der Waals surface area contributed by atoms with Crippen molar-refractivity contribution in [1.29, 1.82) is 0 Å². The molecule has 0 unspecified atom stereocenters. The summed E-state index contributed by atoms with van der Waals surface area (Å²) in [4.78, 5) is 14.1. The molecule has 7 heteroatoms. The van der Waals surface area contributed by atoms with Crippen LogP contribution in [0.5, 0.6) is 12.0 Å². The quantitative estimate of drug-likeness (QED) is 0.693. The normalized spacial score (nSPS) is 10.8. The van der Waals surface area contributed by atoms with Crippen LogP contribution in [0.2, 0.25) is 5.28 Å². The Morgan fingerprint density at radius 1 is 0.947 bits per heavy atom. The molecule has 1 rings (SSSR count). The van der Waals surface area contributed by atoms with Gasteiger partial charge in [-0.25, -0.2) is 0 Å². The fourth-order valence-corrected chi connectivity index (χ4v) is 1.59. The summed E-state index contributed by atoms with van der Waals surface area (Å²) in [7, 11) is 0. The van der Waals surface area contributed by atoms with Gasteiger partial charge < -0.3 is 14.4 Å². The highest BCUT2D eigenvalue weighted by Crippen LogP contribution is 2.13. The lowest BCUT2D eigenvalue weighted by Crippen LogP contribution is -2.28. The Labute approximate surface area is 119 Å². The highest BCUT2D eigenvalue weighted by Gasteiger charge is 2.07. The van der Waals surface area contributed by atoms with Gasteiger partial charge >= 0.3 is 12.0 Å². The first-order valence-electron chi connectivity index (χ1n) is 6.59. The second-order valence-corrected chi connectivity index (χ2v) is 4.23. The monoisotopic (exact) mass is 288 g/mol. The third-order valence-electron chi connectivity index (χ3n) is 2.54. The number of hydrogen-bond acceptors (Lipinski definition) is 6. The summed E-state index contributed by atoms with van der Waals surface area (Å²) >= 11 is 5.79. The van der Waals surface area contributed by atoms with Gasteiger partial charge in [0.15, 0.2) is 0 Å². The SMILES string of the molecule is CCCOc1nc(Cl)nc(OCCN(CC)CC)n1. The van der Waals surface area contributed by atoms with Crippen LogP contribution in [0.25, 0.3) is 0 Å². The number of hydrogen-bond donors (Lipinski definition) is 0. The topological polar surface area (TPSA) is 60.4 Å². The van der Waals surface area contributed by atoms with E-state index in [2.05, 4.69) is 33.7 Å². The molecule has 0 radical (unpaired) electrons. The largest absolute Gasteiger partial charge is 0.463 e. The number of nitrogens with zero attached hydrogens (tertiary/aromatic N) is 4. The van der Waals surface area contributed by atoms with E-state index in [1.54, 1.807) is 0 Å². The molecule has 0 N–H and O–H groups in total. The number of aromatic nitrogens is 3. The number of halogens is 1. The van der Waals surface area contributed by atoms with E-state index < -0.39 is 0 Å². The molecular formula is C12H21ClN4O2. The summed E-state index contributed by atoms with van der Waals surface area (Å²) in [5.74, 6) is 0. The van der Waals surface area contributed by atoms with Gasteiger partial charge in [-0.15, -0.1) is 4.98 Å². The number of rotatable bonds is 9. The third kappa shape index (κ3) is 6.02. The second kappa shape index (κ2) is 8.87. The number of likely N-dealkylation sites (N-methyl/N-ethyl adjacent to an activating group) is 1. The van der Waals surface area contributed by atoms with E-state index in [1.807, 2.05) is 6.92 Å². The van der Waals surface area contributed by atoms with Crippen LogP contribution in [0, 0.1) is 0 Å². The van der Waals surface area contributed by atoms with Crippen LogP contribution in [0.1, 0.15) is 27.2 Å². The maximum absolute atomic E-state index is 5.79. The zero-order chi connectivity index (χ0) is 14.1. The van der Waals surface area contributed by atoms with Gasteiger partial charge in [-0.2, -0.15) is 9.97 Å². The number of ether oxygens (including phenoxy) is 2. The van der Waals surface area contributed by atoms with Crippen molar-refractivity contribution in [3.05, 3.63) is 5.28 Å². The molecule has 1 aromatic heterocycles. The lowest BCUT2D eigenvalue weighted by atomic mass is 10.5. The van der Waals surface area contributed by atoms with Crippen LogP contribution in [0.4, 0.5) is 0 Å². The van der Waals surface area contributed by atoms with Crippen molar-refractivity contribution in [2.75, 3.05) is 32.8 Å². The zero-order valence-electron chi connectivity index (χ0n) is 11.7. The van der Waals surface area contributed by atoms with E-state index in [9.17, 15) is 0 Å². The Balaban J connectivity index is 2.50. The van der Waals surface area contributed by atoms with Crippen molar-refractivity contribution >= 4 is 11.6 Å². The van der Waals surface area contributed by atoms with Crippen molar-refractivity contribution in [1.82, 2.24) is 19.9 Å². The molecule has 0 saturated carbocycles. The van der Waals surface area contributed by atoms with Crippen molar-refractivity contribution in [2.45, 2.75) is 27.2 Å². The Bertz CT molecular complexity index is 375. The summed E-state index contributed by atoms with van der Waals surface area (Å²) in [5.41, 5.74) is 0. The smallest absolute Gasteiger partial charge is 0.323 e. The third-order valence-corrected chi connectivity index (χ3v) is 2.70. The molecule has 1 heterocycles. The Morgan fingerprint density at radius 2 is 1.53 bits per heavy atom. The Morgan fingerprint density at radius 3 is 2.05 bits per heavy atom. The van der Waals surface area contributed by atoms with Gasteiger partial charge in [-0.1, -0.05) is 20.8 Å². The van der Waals surface area contributed by atoms with E-state index in [0.717, 1.165) is 26.1 Å². The molecule has 6 nitrogen and oxygen atoms in total. The van der Waals surface area contributed by atoms with Crippen molar-refractivity contribution < 1.29 is 9.47 Å². The van der Waals surface area contributed by atoms with Crippen LogP contribution in [-0.4, -0.2) is 52.7 Å². The van der Waals surface area contributed by atoms with Crippen LogP contribution in [-0.2, 0) is 0 Å². The molecule has 0 fully saturated rings. The minimum Gasteiger partial charge on any atom is -0.463 e. The molecule has 108 valence electrons. The van der Waals surface area contributed by atoms with Crippen LogP contribution < -0.4 is 9.47 Å². The van der Waals surface area contributed by atoms with Gasteiger partial charge in [0, 0.05) is 6.54 Å². The van der Waals surface area contributed by atoms with Crippen LogP contribution >= 0.6 is 11.6 Å². The van der Waals surface area contributed by atoms with E-state index in [1.165, 1.54) is 0 Å². The average molecular weight is 289 g/mol. The standard InChI is InChI=1S/C12H21ClN4O2/c1-4-8-18-11-14-10(13)15-12(16-11)19-9-7-17(5-2)6-3/h4-9H2,1-3H3. The molecule has 0 aliphatic heterocycles. The first-order valence-corrected chi connectivity index (χ1v) is 6.96. The summed E-state index contributed by atoms with van der Waals surface area (Å²) < 4.78 is 10.8. The average Bonchev–Trinajstić information content (AvgIpc) is 2.41. The highest BCUT2D eigenvalue weighted by atomic mass is 35.5. The fraction of sp³-hybridized carbons (Fsp3) is 0.750. The highest BCUT2D eigenvalue weighted by molar-refractivity contribution is 6.28. The van der Waals surface area contributed by atoms with Gasteiger partial charge in [-0.3, -0.25) is 0 Å². The summed E-state index contributed by atoms with van der Waals surface area (Å²) in [6.07, 6.45) is 0.876. The molecule has 0 amide bonds. The Hall–Kier alpha value is -1.14. The minimum atomic E-state index is 0.0824. The predicted octanol–water partition coefficient (Wildman–Crippen LogP) is 2.03. The van der Waals surface area contributed by atoms with Crippen LogP contribution in [0.15, 0.2) is 0 Å². The minimum absolute atomic E-state index is 0.0824. The maximum Gasteiger partial charge on any atom is 0.323 e. The molecule has 0 atom stereocenters. The lowest BCUT2D eigenvalue weighted by molar-refractivity contribution is 0.207. The molecule has 0 saturated heterocycles. The van der Waals surface area contributed by atoms with Gasteiger partial charge in [0.2, 0.25) is 5.28 Å². The van der Waals surface area contributed by atoms with Crippen molar-refractivity contribution in [3.63, 3.8) is 0 Å². The molecule has 0 aliphatic rings. The van der Waals surface area contributed by atoms with Gasteiger partial charge in [0.25, 0.3) is 0 Å². The van der Waals surface area contributed by atoms with Crippen molar-refractivity contribution in [2.24, 2.45) is 0 Å². The first kappa shape index (κ1) is 15.9. The molecule has 0 bridgehead atoms. The van der Waals surface area contributed by atoms with Gasteiger partial charge in [0.05, 0.1) is 6.61 Å². The van der Waals surface area contributed by atoms with E-state index >= 15 is 0 Å². The Kier molecular flexibility index (Phi) is 7.43. The van der Waals surface area contributed by atoms with E-state index in [0.29, 0.717) is 13.2 Å². The van der Waals surface area contributed by atoms with E-state index in [4.69, 9.17) is 21.1 Å². The second-order valence-electron chi connectivity index (χ2n) is 3.89. The zero-order valence-corrected chi connectivity index (χ0v) is 12.5. The molecule has 1 aromatic rings. The summed E-state index contributed by atoms with van der Waals surface area (Å²) in [6.45, 7) is 10.1. The molecule has 0 aliphatic carbocycles. The van der Waals surface area contributed by atoms with E-state index in [-0.39, 0.29) is 17.3 Å². The lowest BCUT2D eigenvalue weighted by Gasteiger charge is -2.17. The summed E-state index contributed by atoms with van der Waals surface area (Å²) in [5, 5.41) is 0.0824. The molecule has 19 heavy (non-hydrogen) atoms. The molecular weight excluding hydrogens is 268 g/mol. The predicted molar refractivity (Wildman–Crippen MR) is 73.9 cm³/mol. The van der Waals surface area contributed by atoms with Gasteiger partial charge in [-0.05, 0) is 31.1 Å². The van der Waals surface area contributed by atoms with Gasteiger partial charge in [0.1, 0.15) is 6.61 Å². The maximum atomic E-state index is 5.79. The molecule has 0 spiro atoms. The molecule has 0 aromatic carbocycles.